The smallest absolute Gasteiger partial charge is 0.359 e. The van der Waals surface area contributed by atoms with E-state index in [1.165, 1.54) is 0 Å². The van der Waals surface area contributed by atoms with Crippen LogP contribution in [0.3, 0.4) is 0 Å². The molecule has 1 N–H and O–H groups in total. The van der Waals surface area contributed by atoms with Crippen molar-refractivity contribution in [3.8, 4) is 21.8 Å². The second kappa shape index (κ2) is 5.04. The molecule has 3 aromatic rings. The Morgan fingerprint density at radius 1 is 1.19 bits per heavy atom. The number of aryl methyl sites for hydroxylation is 1. The van der Waals surface area contributed by atoms with Crippen molar-refractivity contribution in [3.63, 3.8) is 0 Å². The summed E-state index contributed by atoms with van der Waals surface area (Å²) in [6.07, 6.45) is -1.78. The number of pyridine rings is 1. The fourth-order valence-electron chi connectivity index (χ4n) is 2.09. The molecule has 0 aliphatic rings. The van der Waals surface area contributed by atoms with Crippen LogP contribution in [-0.4, -0.2) is 9.97 Å². The highest BCUT2D eigenvalue weighted by Crippen LogP contribution is 2.34. The summed E-state index contributed by atoms with van der Waals surface area (Å²) in [6, 6.07) is 6.74. The van der Waals surface area contributed by atoms with Crippen molar-refractivity contribution in [2.75, 3.05) is 0 Å². The number of alkyl halides is 3. The molecular weight excluding hydrogens is 297 g/mol. The van der Waals surface area contributed by atoms with Crippen LogP contribution in [0.4, 0.5) is 13.2 Å². The topological polar surface area (TPSA) is 28.7 Å². The van der Waals surface area contributed by atoms with Gasteiger partial charge in [-0.3, -0.25) is 4.98 Å². The highest BCUT2D eigenvalue weighted by atomic mass is 32.1. The van der Waals surface area contributed by atoms with Gasteiger partial charge in [-0.1, -0.05) is 0 Å². The predicted octanol–water partition coefficient (Wildman–Crippen LogP) is 5.13. The van der Waals surface area contributed by atoms with Crippen molar-refractivity contribution in [2.45, 2.75) is 13.1 Å². The lowest BCUT2D eigenvalue weighted by atomic mass is 10.1. The third kappa shape index (κ3) is 2.71. The first-order valence-electron chi connectivity index (χ1n) is 6.21. The molecule has 0 saturated heterocycles. The molecule has 0 saturated carbocycles. The Kier molecular flexibility index (Phi) is 3.33. The summed E-state index contributed by atoms with van der Waals surface area (Å²) in [5.74, 6) is 0. The Morgan fingerprint density at radius 3 is 2.62 bits per heavy atom. The first kappa shape index (κ1) is 13.9. The average Bonchev–Trinajstić information content (AvgIpc) is 3.06. The molecule has 0 aliphatic heterocycles. The SMILES string of the molecule is Cc1ccsc1-c1ccnc(-c2cc(C(F)(F)F)c[nH]2)c1. The number of aromatic nitrogens is 2. The van der Waals surface area contributed by atoms with Gasteiger partial charge in [-0.05, 0) is 47.7 Å². The van der Waals surface area contributed by atoms with Crippen molar-refractivity contribution < 1.29 is 13.2 Å². The summed E-state index contributed by atoms with van der Waals surface area (Å²) in [7, 11) is 0. The zero-order chi connectivity index (χ0) is 15.0. The Morgan fingerprint density at radius 2 is 2.00 bits per heavy atom. The van der Waals surface area contributed by atoms with Crippen molar-refractivity contribution >= 4 is 11.3 Å². The fourth-order valence-corrected chi connectivity index (χ4v) is 3.02. The molecule has 0 aliphatic carbocycles. The lowest BCUT2D eigenvalue weighted by molar-refractivity contribution is -0.137. The summed E-state index contributed by atoms with van der Waals surface area (Å²) in [4.78, 5) is 7.89. The zero-order valence-electron chi connectivity index (χ0n) is 11.0. The lowest BCUT2D eigenvalue weighted by Gasteiger charge is -2.03. The summed E-state index contributed by atoms with van der Waals surface area (Å²) < 4.78 is 37.9. The molecule has 108 valence electrons. The highest BCUT2D eigenvalue weighted by molar-refractivity contribution is 7.13. The van der Waals surface area contributed by atoms with E-state index in [2.05, 4.69) is 9.97 Å². The molecule has 0 atom stereocenters. The first-order valence-corrected chi connectivity index (χ1v) is 7.09. The lowest BCUT2D eigenvalue weighted by Crippen LogP contribution is -2.02. The zero-order valence-corrected chi connectivity index (χ0v) is 11.8. The van der Waals surface area contributed by atoms with Crippen molar-refractivity contribution in [3.05, 3.63) is 53.2 Å². The second-order valence-corrected chi connectivity index (χ2v) is 5.58. The maximum Gasteiger partial charge on any atom is 0.417 e. The van der Waals surface area contributed by atoms with Gasteiger partial charge < -0.3 is 4.98 Å². The minimum absolute atomic E-state index is 0.360. The summed E-state index contributed by atoms with van der Waals surface area (Å²) in [6.45, 7) is 2.00. The van der Waals surface area contributed by atoms with Crippen LogP contribution in [0.2, 0.25) is 0 Å². The van der Waals surface area contributed by atoms with Gasteiger partial charge in [-0.15, -0.1) is 11.3 Å². The molecule has 0 spiro atoms. The molecule has 0 bridgehead atoms. The van der Waals surface area contributed by atoms with Crippen LogP contribution >= 0.6 is 11.3 Å². The van der Waals surface area contributed by atoms with Crippen molar-refractivity contribution in [1.82, 2.24) is 9.97 Å². The van der Waals surface area contributed by atoms with Gasteiger partial charge in [0.05, 0.1) is 17.0 Å². The molecule has 0 fully saturated rings. The normalized spacial score (nSPS) is 11.8. The van der Waals surface area contributed by atoms with Gasteiger partial charge in [0.15, 0.2) is 0 Å². The molecular formula is C15H11F3N2S. The minimum atomic E-state index is -4.35. The first-order chi connectivity index (χ1) is 9.95. The van der Waals surface area contributed by atoms with Gasteiger partial charge in [0.1, 0.15) is 0 Å². The van der Waals surface area contributed by atoms with Crippen LogP contribution in [0, 0.1) is 6.92 Å². The monoisotopic (exact) mass is 308 g/mol. The van der Waals surface area contributed by atoms with E-state index in [0.29, 0.717) is 11.4 Å². The maximum absolute atomic E-state index is 12.6. The van der Waals surface area contributed by atoms with Gasteiger partial charge >= 0.3 is 6.18 Å². The van der Waals surface area contributed by atoms with Gasteiger partial charge in [-0.2, -0.15) is 13.2 Å². The molecule has 3 rings (SSSR count). The maximum atomic E-state index is 12.6. The van der Waals surface area contributed by atoms with Gasteiger partial charge in [-0.25, -0.2) is 0 Å². The number of aromatic amines is 1. The molecule has 2 nitrogen and oxygen atoms in total. The molecule has 0 unspecified atom stereocenters. The Balaban J connectivity index is 2.01. The second-order valence-electron chi connectivity index (χ2n) is 4.66. The van der Waals surface area contributed by atoms with Crippen molar-refractivity contribution in [1.29, 1.82) is 0 Å². The fraction of sp³-hybridized carbons (Fsp3) is 0.133. The molecule has 21 heavy (non-hydrogen) atoms. The number of halogens is 3. The van der Waals surface area contributed by atoms with E-state index in [1.54, 1.807) is 23.6 Å². The molecule has 3 aromatic heterocycles. The number of hydrogen-bond donors (Lipinski definition) is 1. The Labute approximate surface area is 123 Å². The van der Waals surface area contributed by atoms with Gasteiger partial charge in [0, 0.05) is 17.3 Å². The number of hydrogen-bond acceptors (Lipinski definition) is 2. The van der Waals surface area contributed by atoms with E-state index in [-0.39, 0.29) is 0 Å². The van der Waals surface area contributed by atoms with Crippen LogP contribution in [0.1, 0.15) is 11.1 Å². The van der Waals surface area contributed by atoms with E-state index in [0.717, 1.165) is 28.3 Å². The van der Waals surface area contributed by atoms with E-state index in [4.69, 9.17) is 0 Å². The predicted molar refractivity (Wildman–Crippen MR) is 77.1 cm³/mol. The number of H-pyrrole nitrogens is 1. The minimum Gasteiger partial charge on any atom is -0.359 e. The van der Waals surface area contributed by atoms with Crippen molar-refractivity contribution in [2.24, 2.45) is 0 Å². The average molecular weight is 308 g/mol. The largest absolute Gasteiger partial charge is 0.417 e. The Hall–Kier alpha value is -2.08. The van der Waals surface area contributed by atoms with E-state index < -0.39 is 11.7 Å². The molecule has 0 amide bonds. The van der Waals surface area contributed by atoms with E-state index in [1.807, 2.05) is 24.4 Å². The standard InChI is InChI=1S/C15H11F3N2S/c1-9-3-5-21-14(9)10-2-4-19-12(6-10)13-7-11(8-20-13)15(16,17)18/h2-8,20H,1H3. The number of nitrogens with zero attached hydrogens (tertiary/aromatic N) is 1. The van der Waals surface area contributed by atoms with Crippen LogP contribution in [0.15, 0.2) is 42.0 Å². The Bertz CT molecular complexity index is 771. The molecule has 0 aromatic carbocycles. The summed E-state index contributed by atoms with van der Waals surface area (Å²) in [5.41, 5.74) is 2.25. The van der Waals surface area contributed by atoms with Gasteiger partial charge in [0.2, 0.25) is 0 Å². The molecule has 6 heteroatoms. The molecule has 3 heterocycles. The van der Waals surface area contributed by atoms with Crippen LogP contribution in [0.5, 0.6) is 0 Å². The number of nitrogens with one attached hydrogen (secondary N) is 1. The quantitative estimate of drug-likeness (QED) is 0.698. The third-order valence-corrected chi connectivity index (χ3v) is 4.24. The van der Waals surface area contributed by atoms with Crippen LogP contribution < -0.4 is 0 Å². The van der Waals surface area contributed by atoms with Crippen LogP contribution in [-0.2, 0) is 6.18 Å². The highest BCUT2D eigenvalue weighted by Gasteiger charge is 2.31. The van der Waals surface area contributed by atoms with Crippen LogP contribution in [0.25, 0.3) is 21.8 Å². The summed E-state index contributed by atoms with van der Waals surface area (Å²) in [5, 5.41) is 1.99. The van der Waals surface area contributed by atoms with E-state index >= 15 is 0 Å². The number of rotatable bonds is 2. The summed E-state index contributed by atoms with van der Waals surface area (Å²) >= 11 is 1.60. The molecule has 0 radical (unpaired) electrons. The number of thiophene rings is 1. The van der Waals surface area contributed by atoms with Gasteiger partial charge in [0.25, 0.3) is 0 Å². The third-order valence-electron chi connectivity index (χ3n) is 3.17. The van der Waals surface area contributed by atoms with E-state index in [9.17, 15) is 13.2 Å².